The lowest BCUT2D eigenvalue weighted by molar-refractivity contribution is 0.00693. The molecule has 34 heavy (non-hydrogen) atoms. The second kappa shape index (κ2) is 9.57. The maximum atomic E-state index is 14.5. The van der Waals surface area contributed by atoms with Gasteiger partial charge in [-0.2, -0.15) is 0 Å². The molecule has 0 heterocycles. The zero-order chi connectivity index (χ0) is 24.5. The Balaban J connectivity index is 1.67. The molecule has 1 aliphatic carbocycles. The van der Waals surface area contributed by atoms with Crippen molar-refractivity contribution in [3.05, 3.63) is 83.2 Å². The molecule has 3 aromatic carbocycles. The van der Waals surface area contributed by atoms with Gasteiger partial charge in [0.2, 0.25) is 0 Å². The minimum atomic E-state index is -0.622. The number of aldehydes is 1. The number of benzene rings is 3. The largest absolute Gasteiger partial charge is 0.444 e. The second-order valence-corrected chi connectivity index (χ2v) is 10.2. The zero-order valence-electron chi connectivity index (χ0n) is 20.3. The molecule has 0 radical (unpaired) electrons. The molecular formula is C29H32FNO3. The summed E-state index contributed by atoms with van der Waals surface area (Å²) in [5.74, 6) is 0.0304. The Morgan fingerprint density at radius 1 is 1.03 bits per heavy atom. The van der Waals surface area contributed by atoms with Crippen molar-refractivity contribution in [3.8, 4) is 0 Å². The third-order valence-electron chi connectivity index (χ3n) is 6.72. The van der Waals surface area contributed by atoms with E-state index in [-0.39, 0.29) is 24.0 Å². The van der Waals surface area contributed by atoms with Crippen LogP contribution in [0.15, 0.2) is 60.7 Å². The molecular weight excluding hydrogens is 429 g/mol. The SMILES string of the molecule is C[C@H](c1ccc(F)c2ccccc12)N(C(=O)OC(C)(C)C)[C@H]1CC[C@@H](c2ccc(C=O)cc2)C1. The number of hydrogen-bond donors (Lipinski definition) is 0. The van der Waals surface area contributed by atoms with Crippen LogP contribution in [0.4, 0.5) is 9.18 Å². The first-order valence-electron chi connectivity index (χ1n) is 11.9. The normalized spacial score (nSPS) is 19.1. The van der Waals surface area contributed by atoms with Crippen molar-refractivity contribution in [2.24, 2.45) is 0 Å². The molecule has 1 amide bonds. The summed E-state index contributed by atoms with van der Waals surface area (Å²) in [7, 11) is 0. The molecule has 0 spiro atoms. The molecule has 0 aromatic heterocycles. The molecule has 4 nitrogen and oxygen atoms in total. The zero-order valence-corrected chi connectivity index (χ0v) is 20.3. The van der Waals surface area contributed by atoms with Gasteiger partial charge in [0.1, 0.15) is 17.7 Å². The average molecular weight is 462 g/mol. The molecule has 0 saturated heterocycles. The maximum absolute atomic E-state index is 14.5. The summed E-state index contributed by atoms with van der Waals surface area (Å²) in [5, 5.41) is 1.36. The van der Waals surface area contributed by atoms with Gasteiger partial charge in [-0.15, -0.1) is 0 Å². The smallest absolute Gasteiger partial charge is 0.411 e. The van der Waals surface area contributed by atoms with Crippen molar-refractivity contribution < 1.29 is 18.7 Å². The first kappa shape index (κ1) is 23.9. The number of amides is 1. The Morgan fingerprint density at radius 2 is 1.71 bits per heavy atom. The van der Waals surface area contributed by atoms with Gasteiger partial charge in [-0.3, -0.25) is 9.69 Å². The van der Waals surface area contributed by atoms with Gasteiger partial charge >= 0.3 is 6.09 Å². The maximum Gasteiger partial charge on any atom is 0.411 e. The molecule has 0 bridgehead atoms. The van der Waals surface area contributed by atoms with E-state index in [1.807, 2.05) is 75.1 Å². The van der Waals surface area contributed by atoms with E-state index >= 15 is 0 Å². The van der Waals surface area contributed by atoms with Gasteiger partial charge < -0.3 is 4.74 Å². The van der Waals surface area contributed by atoms with Crippen molar-refractivity contribution in [2.75, 3.05) is 0 Å². The monoisotopic (exact) mass is 461 g/mol. The fourth-order valence-corrected chi connectivity index (χ4v) is 5.10. The van der Waals surface area contributed by atoms with Crippen LogP contribution in [0.25, 0.3) is 10.8 Å². The minimum absolute atomic E-state index is 0.00980. The predicted octanol–water partition coefficient (Wildman–Crippen LogP) is 7.43. The van der Waals surface area contributed by atoms with E-state index in [2.05, 4.69) is 0 Å². The van der Waals surface area contributed by atoms with E-state index in [0.29, 0.717) is 16.9 Å². The molecule has 3 aromatic rings. The van der Waals surface area contributed by atoms with Gasteiger partial charge in [-0.25, -0.2) is 9.18 Å². The molecule has 0 N–H and O–H groups in total. The third-order valence-corrected chi connectivity index (χ3v) is 6.72. The lowest BCUT2D eigenvalue weighted by atomic mass is 9.95. The van der Waals surface area contributed by atoms with Crippen molar-refractivity contribution in [1.29, 1.82) is 0 Å². The van der Waals surface area contributed by atoms with Gasteiger partial charge in [0.25, 0.3) is 0 Å². The van der Waals surface area contributed by atoms with E-state index in [0.717, 1.165) is 36.5 Å². The summed E-state index contributed by atoms with van der Waals surface area (Å²) < 4.78 is 20.3. The van der Waals surface area contributed by atoms with Crippen molar-refractivity contribution in [3.63, 3.8) is 0 Å². The topological polar surface area (TPSA) is 46.6 Å². The number of carbonyl (C=O) groups is 2. The van der Waals surface area contributed by atoms with Crippen LogP contribution in [0, 0.1) is 5.82 Å². The van der Waals surface area contributed by atoms with Gasteiger partial charge in [-0.05, 0) is 75.5 Å². The molecule has 0 aliphatic heterocycles. The Morgan fingerprint density at radius 3 is 2.35 bits per heavy atom. The van der Waals surface area contributed by atoms with Gasteiger partial charge in [0.05, 0.1) is 6.04 Å². The molecule has 3 atom stereocenters. The van der Waals surface area contributed by atoms with Crippen LogP contribution in [0.3, 0.4) is 0 Å². The number of carbonyl (C=O) groups excluding carboxylic acids is 2. The number of rotatable bonds is 5. The minimum Gasteiger partial charge on any atom is -0.444 e. The lowest BCUT2D eigenvalue weighted by Crippen LogP contribution is -2.44. The van der Waals surface area contributed by atoms with Crippen LogP contribution in [-0.2, 0) is 4.74 Å². The van der Waals surface area contributed by atoms with Crippen LogP contribution in [0.5, 0.6) is 0 Å². The third kappa shape index (κ3) is 4.98. The highest BCUT2D eigenvalue weighted by atomic mass is 19.1. The van der Waals surface area contributed by atoms with Crippen molar-refractivity contribution >= 4 is 23.2 Å². The summed E-state index contributed by atoms with van der Waals surface area (Å²) in [6.45, 7) is 7.60. The molecule has 178 valence electrons. The Bertz CT molecular complexity index is 1180. The van der Waals surface area contributed by atoms with E-state index in [9.17, 15) is 14.0 Å². The molecule has 0 unspecified atom stereocenters. The van der Waals surface area contributed by atoms with Crippen LogP contribution in [0.2, 0.25) is 0 Å². The van der Waals surface area contributed by atoms with E-state index in [4.69, 9.17) is 4.74 Å². The summed E-state index contributed by atoms with van der Waals surface area (Å²) >= 11 is 0. The summed E-state index contributed by atoms with van der Waals surface area (Å²) in [6.07, 6.45) is 3.10. The first-order chi connectivity index (χ1) is 16.2. The summed E-state index contributed by atoms with van der Waals surface area (Å²) in [5.41, 5.74) is 2.12. The second-order valence-electron chi connectivity index (χ2n) is 10.2. The van der Waals surface area contributed by atoms with E-state index in [1.165, 1.54) is 11.6 Å². The Labute approximate surface area is 200 Å². The molecule has 4 rings (SSSR count). The molecule has 1 fully saturated rings. The van der Waals surface area contributed by atoms with Gasteiger partial charge in [-0.1, -0.05) is 54.6 Å². The number of nitrogens with zero attached hydrogens (tertiary/aromatic N) is 1. The fraction of sp³-hybridized carbons (Fsp3) is 0.379. The summed E-state index contributed by atoms with van der Waals surface area (Å²) in [4.78, 5) is 26.3. The van der Waals surface area contributed by atoms with Crippen LogP contribution < -0.4 is 0 Å². The van der Waals surface area contributed by atoms with E-state index < -0.39 is 5.60 Å². The number of halogens is 1. The average Bonchev–Trinajstić information content (AvgIpc) is 3.28. The van der Waals surface area contributed by atoms with Crippen molar-refractivity contribution in [1.82, 2.24) is 4.90 Å². The quantitative estimate of drug-likeness (QED) is 0.371. The van der Waals surface area contributed by atoms with Crippen LogP contribution in [0.1, 0.15) is 80.4 Å². The summed E-state index contributed by atoms with van der Waals surface area (Å²) in [6, 6.07) is 18.0. The van der Waals surface area contributed by atoms with Crippen LogP contribution >= 0.6 is 0 Å². The first-order valence-corrected chi connectivity index (χ1v) is 11.9. The Hall–Kier alpha value is -3.21. The van der Waals surface area contributed by atoms with Crippen molar-refractivity contribution in [2.45, 2.75) is 70.6 Å². The fourth-order valence-electron chi connectivity index (χ4n) is 5.10. The predicted molar refractivity (Wildman–Crippen MR) is 133 cm³/mol. The standard InChI is InChI=1S/C29H32FNO3/c1-19(24-15-16-27(30)26-8-6-5-7-25(24)26)31(28(33)34-29(2,3)4)23-14-13-22(17-23)21-11-9-20(18-32)10-12-21/h5-12,15-16,18-19,22-23H,13-14,17H2,1-4H3/t19-,22-,23+/m1/s1. The Kier molecular flexibility index (Phi) is 6.74. The van der Waals surface area contributed by atoms with E-state index in [1.54, 1.807) is 12.1 Å². The number of hydrogen-bond acceptors (Lipinski definition) is 3. The lowest BCUT2D eigenvalue weighted by Gasteiger charge is -2.37. The molecule has 1 aliphatic rings. The molecule has 5 heteroatoms. The van der Waals surface area contributed by atoms with Crippen LogP contribution in [-0.4, -0.2) is 28.9 Å². The molecule has 1 saturated carbocycles. The number of ether oxygens (including phenoxy) is 1. The highest BCUT2D eigenvalue weighted by molar-refractivity contribution is 5.87. The number of fused-ring (bicyclic) bond motifs is 1. The van der Waals surface area contributed by atoms with Gasteiger partial charge in [0.15, 0.2) is 0 Å². The van der Waals surface area contributed by atoms with Gasteiger partial charge in [0, 0.05) is 17.0 Å². The highest BCUT2D eigenvalue weighted by Gasteiger charge is 2.38. The highest BCUT2D eigenvalue weighted by Crippen LogP contribution is 2.41.